The minimum Gasteiger partial charge on any atom is -0.319 e. The fraction of sp³-hybridized carbons (Fsp3) is 0.286. The lowest BCUT2D eigenvalue weighted by atomic mass is 10.1. The number of aromatic nitrogens is 2. The zero-order valence-electron chi connectivity index (χ0n) is 11.7. The van der Waals surface area contributed by atoms with Gasteiger partial charge in [0.1, 0.15) is 0 Å². The van der Waals surface area contributed by atoms with Crippen LogP contribution >= 0.6 is 23.2 Å². The number of rotatable bonds is 5. The van der Waals surface area contributed by atoms with Gasteiger partial charge in [-0.05, 0) is 25.2 Å². The number of H-pyrrole nitrogens is 1. The normalized spacial score (nSPS) is 12.2. The lowest BCUT2D eigenvalue weighted by Gasteiger charge is -2.09. The highest BCUT2D eigenvalue weighted by Gasteiger charge is 2.14. The Morgan fingerprint density at radius 1 is 1.29 bits per heavy atom. The highest BCUT2D eigenvalue weighted by molar-refractivity contribution is 6.35. The highest BCUT2D eigenvalue weighted by Crippen LogP contribution is 2.27. The standard InChI is InChI=1S/C14H16Cl2N4O/c1-8(7-17-2)14(21)18-13-6-12(19-20-13)9-3-10(15)5-11(16)4-9/h3-6,8,17H,7H2,1-2H3,(H2,18,19,20,21). The number of hydrogen-bond acceptors (Lipinski definition) is 3. The van der Waals surface area contributed by atoms with E-state index in [0.717, 1.165) is 11.3 Å². The first-order valence-corrected chi connectivity index (χ1v) is 7.22. The van der Waals surface area contributed by atoms with Crippen molar-refractivity contribution in [2.45, 2.75) is 6.92 Å². The van der Waals surface area contributed by atoms with Crippen molar-refractivity contribution in [3.63, 3.8) is 0 Å². The van der Waals surface area contributed by atoms with Gasteiger partial charge in [-0.3, -0.25) is 9.89 Å². The smallest absolute Gasteiger partial charge is 0.229 e. The predicted octanol–water partition coefficient (Wildman–Crippen LogP) is 3.18. The zero-order valence-corrected chi connectivity index (χ0v) is 13.2. The van der Waals surface area contributed by atoms with Crippen molar-refractivity contribution in [1.82, 2.24) is 15.5 Å². The summed E-state index contributed by atoms with van der Waals surface area (Å²) in [6.07, 6.45) is 0. The fourth-order valence-corrected chi connectivity index (χ4v) is 2.42. The minimum absolute atomic E-state index is 0.0912. The summed E-state index contributed by atoms with van der Waals surface area (Å²) in [5, 5.41) is 13.7. The molecule has 0 aliphatic rings. The third-order valence-corrected chi connectivity index (χ3v) is 3.40. The summed E-state index contributed by atoms with van der Waals surface area (Å²) in [4.78, 5) is 11.9. The van der Waals surface area contributed by atoms with Crippen molar-refractivity contribution in [2.75, 3.05) is 18.9 Å². The Morgan fingerprint density at radius 3 is 2.57 bits per heavy atom. The van der Waals surface area contributed by atoms with Gasteiger partial charge in [0, 0.05) is 34.1 Å². The second kappa shape index (κ2) is 6.93. The first kappa shape index (κ1) is 15.8. The molecule has 0 saturated heterocycles. The minimum atomic E-state index is -0.143. The predicted molar refractivity (Wildman–Crippen MR) is 85.8 cm³/mol. The van der Waals surface area contributed by atoms with E-state index in [2.05, 4.69) is 20.8 Å². The van der Waals surface area contributed by atoms with Gasteiger partial charge in [-0.15, -0.1) is 0 Å². The molecule has 2 aromatic rings. The molecule has 1 aromatic heterocycles. The van der Waals surface area contributed by atoms with Gasteiger partial charge in [-0.25, -0.2) is 0 Å². The Bertz CT molecular complexity index is 621. The second-order valence-corrected chi connectivity index (χ2v) is 5.65. The molecule has 1 heterocycles. The van der Waals surface area contributed by atoms with E-state index in [4.69, 9.17) is 23.2 Å². The van der Waals surface area contributed by atoms with Crippen molar-refractivity contribution in [3.05, 3.63) is 34.3 Å². The molecular weight excluding hydrogens is 311 g/mol. The maximum atomic E-state index is 11.9. The summed E-state index contributed by atoms with van der Waals surface area (Å²) in [6, 6.07) is 6.95. The third kappa shape index (κ3) is 4.20. The van der Waals surface area contributed by atoms with E-state index < -0.39 is 0 Å². The summed E-state index contributed by atoms with van der Waals surface area (Å²) < 4.78 is 0. The molecule has 0 bridgehead atoms. The number of nitrogens with zero attached hydrogens (tertiary/aromatic N) is 1. The molecule has 1 amide bonds. The van der Waals surface area contributed by atoms with Gasteiger partial charge in [0.25, 0.3) is 0 Å². The SMILES string of the molecule is CNCC(C)C(=O)Nc1cc(-c2cc(Cl)cc(Cl)c2)[nH]n1. The van der Waals surface area contributed by atoms with E-state index in [0.29, 0.717) is 22.4 Å². The van der Waals surface area contributed by atoms with Crippen LogP contribution in [0.1, 0.15) is 6.92 Å². The van der Waals surface area contributed by atoms with Crippen LogP contribution < -0.4 is 10.6 Å². The lowest BCUT2D eigenvalue weighted by molar-refractivity contribution is -0.119. The van der Waals surface area contributed by atoms with Crippen LogP contribution in [0.5, 0.6) is 0 Å². The second-order valence-electron chi connectivity index (χ2n) is 4.77. The van der Waals surface area contributed by atoms with Gasteiger partial charge in [0.05, 0.1) is 5.69 Å². The number of hydrogen-bond donors (Lipinski definition) is 3. The van der Waals surface area contributed by atoms with Crippen LogP contribution in [0, 0.1) is 5.92 Å². The Hall–Kier alpha value is -1.56. The Labute approximate surface area is 133 Å². The molecule has 21 heavy (non-hydrogen) atoms. The average molecular weight is 327 g/mol. The molecule has 0 spiro atoms. The Kier molecular flexibility index (Phi) is 5.22. The number of carbonyl (C=O) groups excluding carboxylic acids is 1. The lowest BCUT2D eigenvalue weighted by Crippen LogP contribution is -2.28. The summed E-state index contributed by atoms with van der Waals surface area (Å²) in [5.41, 5.74) is 1.54. The van der Waals surface area contributed by atoms with Crippen LogP contribution in [-0.4, -0.2) is 29.7 Å². The van der Waals surface area contributed by atoms with E-state index in [1.165, 1.54) is 0 Å². The summed E-state index contributed by atoms with van der Waals surface area (Å²) in [7, 11) is 1.80. The van der Waals surface area contributed by atoms with E-state index in [1.54, 1.807) is 31.3 Å². The summed E-state index contributed by atoms with van der Waals surface area (Å²) >= 11 is 11.9. The average Bonchev–Trinajstić information content (AvgIpc) is 2.86. The van der Waals surface area contributed by atoms with Crippen molar-refractivity contribution in [2.24, 2.45) is 5.92 Å². The summed E-state index contributed by atoms with van der Waals surface area (Å²) in [5.74, 6) is 0.233. The number of benzene rings is 1. The van der Waals surface area contributed by atoms with Crippen LogP contribution in [0.4, 0.5) is 5.82 Å². The fourth-order valence-electron chi connectivity index (χ4n) is 1.89. The van der Waals surface area contributed by atoms with Gasteiger partial charge in [-0.1, -0.05) is 30.1 Å². The topological polar surface area (TPSA) is 69.8 Å². The third-order valence-electron chi connectivity index (χ3n) is 2.96. The molecule has 5 nitrogen and oxygen atoms in total. The first-order valence-electron chi connectivity index (χ1n) is 6.47. The molecule has 0 radical (unpaired) electrons. The molecule has 3 N–H and O–H groups in total. The van der Waals surface area contributed by atoms with E-state index in [9.17, 15) is 4.79 Å². The van der Waals surface area contributed by atoms with Gasteiger partial charge < -0.3 is 10.6 Å². The Balaban J connectivity index is 2.13. The van der Waals surface area contributed by atoms with Crippen molar-refractivity contribution in [1.29, 1.82) is 0 Å². The Morgan fingerprint density at radius 2 is 1.95 bits per heavy atom. The van der Waals surface area contributed by atoms with Gasteiger partial charge >= 0.3 is 0 Å². The van der Waals surface area contributed by atoms with E-state index in [-0.39, 0.29) is 11.8 Å². The van der Waals surface area contributed by atoms with E-state index in [1.807, 2.05) is 6.92 Å². The van der Waals surface area contributed by atoms with E-state index >= 15 is 0 Å². The maximum Gasteiger partial charge on any atom is 0.229 e. The monoisotopic (exact) mass is 326 g/mol. The largest absolute Gasteiger partial charge is 0.319 e. The quantitative estimate of drug-likeness (QED) is 0.790. The van der Waals surface area contributed by atoms with Crippen LogP contribution in [0.3, 0.4) is 0 Å². The van der Waals surface area contributed by atoms with Crippen LogP contribution in [0.25, 0.3) is 11.3 Å². The van der Waals surface area contributed by atoms with Crippen molar-refractivity contribution >= 4 is 34.9 Å². The highest BCUT2D eigenvalue weighted by atomic mass is 35.5. The number of carbonyl (C=O) groups is 1. The molecular formula is C14H16Cl2N4O. The number of aromatic amines is 1. The molecule has 0 aliphatic carbocycles. The first-order chi connectivity index (χ1) is 9.99. The number of anilines is 1. The molecule has 2 rings (SSSR count). The molecule has 1 unspecified atom stereocenters. The summed E-state index contributed by atoms with van der Waals surface area (Å²) in [6.45, 7) is 2.45. The number of nitrogens with one attached hydrogen (secondary N) is 3. The van der Waals surface area contributed by atoms with Crippen LogP contribution in [0.15, 0.2) is 24.3 Å². The molecule has 1 aromatic carbocycles. The van der Waals surface area contributed by atoms with Gasteiger partial charge in [0.15, 0.2) is 5.82 Å². The molecule has 7 heteroatoms. The molecule has 0 aliphatic heterocycles. The van der Waals surface area contributed by atoms with Gasteiger partial charge in [-0.2, -0.15) is 5.10 Å². The molecule has 1 atom stereocenters. The number of amides is 1. The van der Waals surface area contributed by atoms with Crippen molar-refractivity contribution < 1.29 is 4.79 Å². The van der Waals surface area contributed by atoms with Crippen molar-refractivity contribution in [3.8, 4) is 11.3 Å². The van der Waals surface area contributed by atoms with Gasteiger partial charge in [0.2, 0.25) is 5.91 Å². The molecule has 112 valence electrons. The van der Waals surface area contributed by atoms with Crippen LogP contribution in [-0.2, 0) is 4.79 Å². The molecule has 0 fully saturated rings. The zero-order chi connectivity index (χ0) is 15.4. The number of halogens is 2. The molecule has 0 saturated carbocycles. The maximum absolute atomic E-state index is 11.9. The van der Waals surface area contributed by atoms with Crippen LogP contribution in [0.2, 0.25) is 10.0 Å².